The van der Waals surface area contributed by atoms with Crippen LogP contribution in [0.1, 0.15) is 100 Å². The molecule has 3 unspecified atom stereocenters. The number of benzene rings is 2. The number of nitriles is 1. The van der Waals surface area contributed by atoms with Crippen LogP contribution in [0.5, 0.6) is 5.75 Å². The number of carboxylic acids is 3. The van der Waals surface area contributed by atoms with E-state index in [1.165, 1.54) is 12.3 Å². The third-order valence-electron chi connectivity index (χ3n) is 17.2. The fraction of sp³-hybridized carbons (Fsp3) is 0.600. The number of amides is 7. The van der Waals surface area contributed by atoms with E-state index in [9.17, 15) is 77.3 Å². The first-order valence-corrected chi connectivity index (χ1v) is 33.3. The number of pyridine rings is 1. The predicted octanol–water partition coefficient (Wildman–Crippen LogP) is 3.64. The number of hydrogen-bond donors (Lipinski definition) is 7. The Hall–Kier alpha value is -7.60. The van der Waals surface area contributed by atoms with E-state index in [1.54, 1.807) is 62.6 Å². The molecule has 6 rings (SSSR count). The number of aliphatic carboxylic acids is 3. The molecule has 2 aromatic carbocycles. The van der Waals surface area contributed by atoms with E-state index in [-0.39, 0.29) is 102 Å². The Bertz CT molecular complexity index is 3140. The van der Waals surface area contributed by atoms with Gasteiger partial charge in [0.2, 0.25) is 35.4 Å². The van der Waals surface area contributed by atoms with E-state index in [0.29, 0.717) is 61.5 Å². The average Bonchev–Trinajstić information content (AvgIpc) is 1.76. The van der Waals surface area contributed by atoms with Crippen molar-refractivity contribution in [2.75, 3.05) is 118 Å². The standard InChI is InChI=1S/C65H88F3IN12O14/c1-43(32-44(2)64(94)80-21-17-46(18-22-80)6-3-4-31-95-50-13-14-53-52(34-50)51(16-20-71-53)62(92)73-37-57(84)81-42-65(67,68)35-49(81)36-70)61(91)75-63(93)54(33-47(66)15-19-72-55(82)8-5-7-45-9-11-48(69)12-10-45)74-56(83)38-76-23-25-77(39-58(85)86)27-29-79(41-60(89)90)30-28-78(26-24-76)40-59(87)88/h9-14,16,20,34,43-44,46-47,49,54H,3-8,15,17-19,21-33,35,37-42H2,1-2H3,(H,72,82)(H,73,92)(H,74,83)(H,85,86)(H,87,88)(H,89,90)(H,75,91,93)/t43?,44?,47?,49-,54+/m1/s1. The molecule has 4 heterocycles. The first-order valence-electron chi connectivity index (χ1n) is 32.2. The third-order valence-corrected chi connectivity index (χ3v) is 17.9. The van der Waals surface area contributed by atoms with Crippen molar-refractivity contribution < 1.29 is 81.2 Å². The molecule has 95 heavy (non-hydrogen) atoms. The Morgan fingerprint density at radius 3 is 1.93 bits per heavy atom. The van der Waals surface area contributed by atoms with Crippen LogP contribution >= 0.6 is 22.6 Å². The molecule has 7 amide bonds. The van der Waals surface area contributed by atoms with Crippen molar-refractivity contribution >= 4 is 92.8 Å². The largest absolute Gasteiger partial charge is 0.494 e. The molecule has 520 valence electrons. The highest BCUT2D eigenvalue weighted by Crippen LogP contribution is 2.32. The van der Waals surface area contributed by atoms with E-state index in [2.05, 4.69) is 48.8 Å². The van der Waals surface area contributed by atoms with Gasteiger partial charge in [-0.05, 0) is 122 Å². The molecule has 7 N–H and O–H groups in total. The molecule has 3 aromatic rings. The molecule has 3 fully saturated rings. The topological polar surface area (TPSA) is 345 Å². The Morgan fingerprint density at radius 2 is 1.34 bits per heavy atom. The minimum absolute atomic E-state index is 0.0633. The third kappa shape index (κ3) is 26.5. The molecule has 0 radical (unpaired) electrons. The maximum absolute atomic E-state index is 16.0. The Balaban J connectivity index is 0.980. The van der Waals surface area contributed by atoms with Crippen LogP contribution in [0.4, 0.5) is 13.2 Å². The summed E-state index contributed by atoms with van der Waals surface area (Å²) in [4.78, 5) is 143. The zero-order chi connectivity index (χ0) is 69.2. The number of likely N-dealkylation sites (tertiary alicyclic amines) is 2. The molecule has 0 spiro atoms. The fourth-order valence-corrected chi connectivity index (χ4v) is 12.3. The summed E-state index contributed by atoms with van der Waals surface area (Å²) in [6.45, 7) is 2.46. The van der Waals surface area contributed by atoms with Gasteiger partial charge in [-0.1, -0.05) is 32.4 Å². The number of carbonyl (C=O) groups excluding carboxylic acids is 7. The van der Waals surface area contributed by atoms with Gasteiger partial charge < -0.3 is 45.8 Å². The van der Waals surface area contributed by atoms with Crippen molar-refractivity contribution in [1.82, 2.24) is 55.7 Å². The summed E-state index contributed by atoms with van der Waals surface area (Å²) in [6.07, 6.45) is 3.51. The van der Waals surface area contributed by atoms with Crippen LogP contribution < -0.4 is 26.0 Å². The van der Waals surface area contributed by atoms with Crippen molar-refractivity contribution in [3.63, 3.8) is 0 Å². The molecule has 3 aliphatic rings. The maximum Gasteiger partial charge on any atom is 0.317 e. The van der Waals surface area contributed by atoms with Gasteiger partial charge in [-0.25, -0.2) is 13.2 Å². The number of unbranched alkanes of at least 4 members (excludes halogenated alkanes) is 1. The van der Waals surface area contributed by atoms with Crippen LogP contribution in [-0.4, -0.2) is 251 Å². The normalized spacial score (nSPS) is 18.4. The molecule has 0 saturated carbocycles. The number of piperidine rings is 1. The number of nitrogens with one attached hydrogen (secondary N) is 4. The Kier molecular flexibility index (Phi) is 30.7. The first-order chi connectivity index (χ1) is 45.2. The van der Waals surface area contributed by atoms with Crippen LogP contribution in [-0.2, 0) is 49.6 Å². The van der Waals surface area contributed by atoms with Crippen LogP contribution in [0, 0.1) is 32.7 Å². The van der Waals surface area contributed by atoms with E-state index in [4.69, 9.17) is 4.74 Å². The van der Waals surface area contributed by atoms with E-state index in [0.717, 1.165) is 39.7 Å². The van der Waals surface area contributed by atoms with Gasteiger partial charge in [-0.3, -0.25) is 77.8 Å². The SMILES string of the molecule is CC(CC(C)C(=O)N1CCC(CCCCOc2ccc3nccc(C(=O)NCC(=O)N4CC(F)(F)C[C@@H]4C#N)c3c2)CC1)C(=O)NC(=O)[C@H](CC(F)CCNC(=O)CCCc1ccc(I)cc1)NC(=O)CN1CCN(CC(=O)O)CCN(CC(=O)O)CCN(CC(=O)O)CC1. The minimum Gasteiger partial charge on any atom is -0.494 e. The minimum atomic E-state index is -3.19. The summed E-state index contributed by atoms with van der Waals surface area (Å²) in [7, 11) is 0. The highest BCUT2D eigenvalue weighted by molar-refractivity contribution is 14.1. The lowest BCUT2D eigenvalue weighted by Gasteiger charge is -2.34. The van der Waals surface area contributed by atoms with Gasteiger partial charge in [0.05, 0.1) is 63.0 Å². The second kappa shape index (κ2) is 38.2. The molecule has 26 nitrogen and oxygen atoms in total. The van der Waals surface area contributed by atoms with Gasteiger partial charge >= 0.3 is 17.9 Å². The predicted molar refractivity (Wildman–Crippen MR) is 349 cm³/mol. The van der Waals surface area contributed by atoms with Gasteiger partial charge in [-0.15, -0.1) is 0 Å². The molecular formula is C65H88F3IN12O14. The number of halogens is 4. The number of fused-ring (bicyclic) bond motifs is 1. The number of alkyl halides is 3. The van der Waals surface area contributed by atoms with Crippen molar-refractivity contribution in [2.24, 2.45) is 17.8 Å². The second-order valence-electron chi connectivity index (χ2n) is 24.8. The van der Waals surface area contributed by atoms with Crippen LogP contribution in [0.15, 0.2) is 54.7 Å². The van der Waals surface area contributed by atoms with Crippen LogP contribution in [0.2, 0.25) is 0 Å². The number of carboxylic acid groups (broad SMARTS) is 3. The average molecular weight is 1450 g/mol. The zero-order valence-corrected chi connectivity index (χ0v) is 56.0. The highest BCUT2D eigenvalue weighted by Gasteiger charge is 2.47. The number of imide groups is 1. The Labute approximate surface area is 564 Å². The molecule has 3 aliphatic heterocycles. The molecular weight excluding hydrogens is 1360 g/mol. The first kappa shape index (κ1) is 76.4. The van der Waals surface area contributed by atoms with Crippen molar-refractivity contribution in [3.05, 3.63) is 69.4 Å². The van der Waals surface area contributed by atoms with Gasteiger partial charge in [0.1, 0.15) is 24.0 Å². The van der Waals surface area contributed by atoms with Crippen molar-refractivity contribution in [3.8, 4) is 11.8 Å². The summed E-state index contributed by atoms with van der Waals surface area (Å²) in [5, 5.41) is 48.7. The number of hydrogen-bond acceptors (Lipinski definition) is 17. The number of nitrogens with zero attached hydrogens (tertiary/aromatic N) is 8. The number of aryl methyl sites for hydroxylation is 1. The fourth-order valence-electron chi connectivity index (χ4n) is 11.9. The van der Waals surface area contributed by atoms with Crippen molar-refractivity contribution in [1.29, 1.82) is 5.26 Å². The summed E-state index contributed by atoms with van der Waals surface area (Å²) in [6, 6.07) is 13.3. The summed E-state index contributed by atoms with van der Waals surface area (Å²) in [5.41, 5.74) is 1.75. The number of ether oxygens (including phenoxy) is 1. The summed E-state index contributed by atoms with van der Waals surface area (Å²) >= 11 is 2.21. The second-order valence-corrected chi connectivity index (χ2v) is 26.1. The van der Waals surface area contributed by atoms with Gasteiger partial charge in [-0.2, -0.15) is 5.26 Å². The molecule has 3 saturated heterocycles. The highest BCUT2D eigenvalue weighted by atomic mass is 127. The summed E-state index contributed by atoms with van der Waals surface area (Å²) in [5.74, 6) is -11.7. The zero-order valence-electron chi connectivity index (χ0n) is 53.8. The number of rotatable bonds is 32. The van der Waals surface area contributed by atoms with E-state index < -0.39 is 129 Å². The quantitative estimate of drug-likeness (QED) is 0.0346. The lowest BCUT2D eigenvalue weighted by Crippen LogP contribution is -2.54. The van der Waals surface area contributed by atoms with E-state index in [1.807, 2.05) is 24.3 Å². The molecule has 0 bridgehead atoms. The molecule has 0 aliphatic carbocycles. The van der Waals surface area contributed by atoms with Crippen LogP contribution in [0.25, 0.3) is 10.9 Å². The van der Waals surface area contributed by atoms with Crippen molar-refractivity contribution in [2.45, 2.75) is 115 Å². The lowest BCUT2D eigenvalue weighted by molar-refractivity contribution is -0.140. The Morgan fingerprint density at radius 1 is 0.737 bits per heavy atom. The van der Waals surface area contributed by atoms with Crippen LogP contribution in [0.3, 0.4) is 0 Å². The number of aromatic nitrogens is 1. The maximum atomic E-state index is 16.0. The van der Waals surface area contributed by atoms with E-state index >= 15 is 4.39 Å². The van der Waals surface area contributed by atoms with Gasteiger partial charge in [0, 0.05) is 118 Å². The summed E-state index contributed by atoms with van der Waals surface area (Å²) < 4.78 is 51.0. The molecule has 30 heteroatoms. The van der Waals surface area contributed by atoms with Gasteiger partial charge in [0.15, 0.2) is 0 Å². The monoisotopic (exact) mass is 1440 g/mol. The molecule has 5 atom stereocenters. The smallest absolute Gasteiger partial charge is 0.317 e. The lowest BCUT2D eigenvalue weighted by atomic mass is 9.90. The number of carbonyl (C=O) groups is 10. The molecule has 1 aromatic heterocycles. The van der Waals surface area contributed by atoms with Gasteiger partial charge in [0.25, 0.3) is 11.8 Å².